The van der Waals surface area contributed by atoms with Crippen molar-refractivity contribution >= 4 is 10.9 Å². The van der Waals surface area contributed by atoms with Crippen LogP contribution in [0.2, 0.25) is 0 Å². The highest BCUT2D eigenvalue weighted by atomic mass is 19.1. The Labute approximate surface area is 97.3 Å². The molecule has 4 nitrogen and oxygen atoms in total. The van der Waals surface area contributed by atoms with E-state index < -0.39 is 18.5 Å². The van der Waals surface area contributed by atoms with Crippen LogP contribution in [0.4, 0.5) is 4.39 Å². The lowest BCUT2D eigenvalue weighted by Gasteiger charge is -2.12. The number of ether oxygens (including phenoxy) is 1. The summed E-state index contributed by atoms with van der Waals surface area (Å²) in [6.45, 7) is -0.433. The van der Waals surface area contributed by atoms with Gasteiger partial charge in [-0.05, 0) is 17.7 Å². The van der Waals surface area contributed by atoms with Crippen molar-refractivity contribution in [2.45, 2.75) is 6.10 Å². The molecule has 0 aliphatic heterocycles. The molecule has 2 aromatic rings. The van der Waals surface area contributed by atoms with Crippen LogP contribution in [0.3, 0.4) is 0 Å². The number of halogens is 1. The largest absolute Gasteiger partial charge is 0.497 e. The second kappa shape index (κ2) is 4.65. The van der Waals surface area contributed by atoms with Crippen molar-refractivity contribution in [3.8, 4) is 5.75 Å². The molecule has 0 aliphatic rings. The second-order valence-corrected chi connectivity index (χ2v) is 3.60. The van der Waals surface area contributed by atoms with Gasteiger partial charge in [-0.25, -0.2) is 4.39 Å². The summed E-state index contributed by atoms with van der Waals surface area (Å²) in [6, 6.07) is 4.35. The Morgan fingerprint density at radius 3 is 2.88 bits per heavy atom. The standard InChI is InChI=1S/C12H12FNO3/c1-17-7-4-9-8(11(16)6-15)2-3-14-12(9)10(13)5-7/h2-5,11,15-16H,6H2,1H3. The van der Waals surface area contributed by atoms with Gasteiger partial charge in [0.15, 0.2) is 5.82 Å². The third-order valence-corrected chi connectivity index (χ3v) is 2.57. The minimum Gasteiger partial charge on any atom is -0.497 e. The molecule has 0 saturated heterocycles. The number of aliphatic hydroxyl groups excluding tert-OH is 2. The summed E-state index contributed by atoms with van der Waals surface area (Å²) in [4.78, 5) is 3.91. The first kappa shape index (κ1) is 11.8. The van der Waals surface area contributed by atoms with Gasteiger partial charge in [0, 0.05) is 17.6 Å². The molecule has 0 fully saturated rings. The number of aromatic nitrogens is 1. The van der Waals surface area contributed by atoms with Crippen molar-refractivity contribution < 1.29 is 19.3 Å². The van der Waals surface area contributed by atoms with E-state index in [4.69, 9.17) is 9.84 Å². The average Bonchev–Trinajstić information content (AvgIpc) is 2.37. The summed E-state index contributed by atoms with van der Waals surface area (Å²) in [6.07, 6.45) is 0.332. The van der Waals surface area contributed by atoms with Crippen LogP contribution in [0.25, 0.3) is 10.9 Å². The molecule has 0 spiro atoms. The highest BCUT2D eigenvalue weighted by Crippen LogP contribution is 2.28. The molecule has 2 N–H and O–H groups in total. The van der Waals surface area contributed by atoms with Crippen LogP contribution in [0, 0.1) is 5.82 Å². The smallest absolute Gasteiger partial charge is 0.153 e. The predicted molar refractivity (Wildman–Crippen MR) is 60.3 cm³/mol. The quantitative estimate of drug-likeness (QED) is 0.847. The van der Waals surface area contributed by atoms with E-state index in [0.717, 1.165) is 0 Å². The number of pyridine rings is 1. The van der Waals surface area contributed by atoms with Gasteiger partial charge >= 0.3 is 0 Å². The van der Waals surface area contributed by atoms with Crippen LogP contribution in [0.15, 0.2) is 24.4 Å². The van der Waals surface area contributed by atoms with Crippen molar-refractivity contribution in [1.82, 2.24) is 4.98 Å². The van der Waals surface area contributed by atoms with E-state index in [1.807, 2.05) is 0 Å². The number of benzene rings is 1. The van der Waals surface area contributed by atoms with Crippen LogP contribution >= 0.6 is 0 Å². The Morgan fingerprint density at radius 2 is 2.24 bits per heavy atom. The first-order valence-electron chi connectivity index (χ1n) is 5.08. The number of nitrogens with zero attached hydrogens (tertiary/aromatic N) is 1. The summed E-state index contributed by atoms with van der Waals surface area (Å²) >= 11 is 0. The van der Waals surface area contributed by atoms with Crippen molar-refractivity contribution in [3.05, 3.63) is 35.8 Å². The first-order valence-corrected chi connectivity index (χ1v) is 5.08. The monoisotopic (exact) mass is 237 g/mol. The van der Waals surface area contributed by atoms with Crippen LogP contribution in [-0.2, 0) is 0 Å². The molecule has 0 amide bonds. The Balaban J connectivity index is 2.73. The molecular weight excluding hydrogens is 225 g/mol. The van der Waals surface area contributed by atoms with E-state index in [1.54, 1.807) is 12.1 Å². The lowest BCUT2D eigenvalue weighted by molar-refractivity contribution is 0.0967. The highest BCUT2D eigenvalue weighted by Gasteiger charge is 2.14. The molecule has 1 heterocycles. The summed E-state index contributed by atoms with van der Waals surface area (Å²) < 4.78 is 18.7. The maximum absolute atomic E-state index is 13.7. The van der Waals surface area contributed by atoms with E-state index >= 15 is 0 Å². The Hall–Kier alpha value is -1.72. The van der Waals surface area contributed by atoms with Gasteiger partial charge in [0.1, 0.15) is 17.4 Å². The summed E-state index contributed by atoms with van der Waals surface area (Å²) in [7, 11) is 1.43. The van der Waals surface area contributed by atoms with Gasteiger partial charge < -0.3 is 14.9 Å². The van der Waals surface area contributed by atoms with E-state index in [2.05, 4.69) is 4.98 Å². The van der Waals surface area contributed by atoms with Gasteiger partial charge in [0.05, 0.1) is 13.7 Å². The number of fused-ring (bicyclic) bond motifs is 1. The van der Waals surface area contributed by atoms with Gasteiger partial charge in [-0.3, -0.25) is 4.98 Å². The van der Waals surface area contributed by atoms with Gasteiger partial charge in [0.25, 0.3) is 0 Å². The fourth-order valence-corrected chi connectivity index (χ4v) is 1.71. The number of hydrogen-bond donors (Lipinski definition) is 2. The normalized spacial score (nSPS) is 12.7. The van der Waals surface area contributed by atoms with Gasteiger partial charge in [-0.15, -0.1) is 0 Å². The van der Waals surface area contributed by atoms with Gasteiger partial charge in [-0.2, -0.15) is 0 Å². The zero-order valence-corrected chi connectivity index (χ0v) is 9.22. The SMILES string of the molecule is COc1cc(F)c2nccc(C(O)CO)c2c1. The molecule has 1 aromatic carbocycles. The number of methoxy groups -OCH3 is 1. The molecular formula is C12H12FNO3. The molecule has 0 saturated carbocycles. The fourth-order valence-electron chi connectivity index (χ4n) is 1.71. The molecule has 90 valence electrons. The van der Waals surface area contributed by atoms with Gasteiger partial charge in [-0.1, -0.05) is 0 Å². The maximum atomic E-state index is 13.7. The lowest BCUT2D eigenvalue weighted by Crippen LogP contribution is -2.04. The van der Waals surface area contributed by atoms with Crippen molar-refractivity contribution in [2.75, 3.05) is 13.7 Å². The van der Waals surface area contributed by atoms with E-state index in [-0.39, 0.29) is 5.52 Å². The molecule has 5 heteroatoms. The molecule has 0 radical (unpaired) electrons. The van der Waals surface area contributed by atoms with Crippen LogP contribution < -0.4 is 4.74 Å². The van der Waals surface area contributed by atoms with Crippen molar-refractivity contribution in [1.29, 1.82) is 0 Å². The molecule has 1 aromatic heterocycles. The van der Waals surface area contributed by atoms with Crippen molar-refractivity contribution in [3.63, 3.8) is 0 Å². The number of rotatable bonds is 3. The molecule has 0 bridgehead atoms. The summed E-state index contributed by atoms with van der Waals surface area (Å²) in [5, 5.41) is 19.0. The Bertz CT molecular complexity index is 545. The lowest BCUT2D eigenvalue weighted by atomic mass is 10.0. The van der Waals surface area contributed by atoms with Crippen LogP contribution in [0.5, 0.6) is 5.75 Å². The topological polar surface area (TPSA) is 62.6 Å². The number of hydrogen-bond acceptors (Lipinski definition) is 4. The first-order chi connectivity index (χ1) is 8.17. The van der Waals surface area contributed by atoms with Crippen LogP contribution in [-0.4, -0.2) is 28.9 Å². The predicted octanol–water partition coefficient (Wildman–Crippen LogP) is 1.41. The molecule has 2 rings (SSSR count). The Kier molecular flexibility index (Phi) is 3.21. The maximum Gasteiger partial charge on any atom is 0.153 e. The zero-order chi connectivity index (χ0) is 12.4. The molecule has 1 unspecified atom stereocenters. The fraction of sp³-hybridized carbons (Fsp3) is 0.250. The summed E-state index contributed by atoms with van der Waals surface area (Å²) in [5.74, 6) is -0.180. The average molecular weight is 237 g/mol. The minimum atomic E-state index is -1.06. The third-order valence-electron chi connectivity index (χ3n) is 2.57. The molecule has 1 atom stereocenters. The minimum absolute atomic E-state index is 0.149. The number of aliphatic hydroxyl groups is 2. The third kappa shape index (κ3) is 2.07. The Morgan fingerprint density at radius 1 is 1.47 bits per heavy atom. The van der Waals surface area contributed by atoms with Gasteiger partial charge in [0.2, 0.25) is 0 Å². The highest BCUT2D eigenvalue weighted by molar-refractivity contribution is 5.84. The summed E-state index contributed by atoms with van der Waals surface area (Å²) in [5.41, 5.74) is 0.575. The second-order valence-electron chi connectivity index (χ2n) is 3.60. The molecule has 0 aliphatic carbocycles. The zero-order valence-electron chi connectivity index (χ0n) is 9.22. The van der Waals surface area contributed by atoms with E-state index in [9.17, 15) is 9.50 Å². The molecule has 17 heavy (non-hydrogen) atoms. The van der Waals surface area contributed by atoms with E-state index in [1.165, 1.54) is 19.4 Å². The van der Waals surface area contributed by atoms with Crippen LogP contribution in [0.1, 0.15) is 11.7 Å². The van der Waals surface area contributed by atoms with E-state index in [0.29, 0.717) is 16.7 Å². The van der Waals surface area contributed by atoms with Crippen molar-refractivity contribution in [2.24, 2.45) is 0 Å².